The Hall–Kier alpha value is -1.33. The monoisotopic (exact) mass is 280 g/mol. The standard InChI is InChI=1S/C15H24N2O3/c1-15(2,3)13(18)11-16-6-8-17(9-7-16)14(19)12-5-4-10-20-12/h4-5,10,13,18H,6-9,11H2,1-3H3/t13-/m0/s1. The van der Waals surface area contributed by atoms with Gasteiger partial charge in [-0.1, -0.05) is 20.8 Å². The van der Waals surface area contributed by atoms with Crippen LogP contribution in [-0.4, -0.2) is 59.6 Å². The zero-order valence-electron chi connectivity index (χ0n) is 12.5. The third kappa shape index (κ3) is 3.61. The fraction of sp³-hybridized carbons (Fsp3) is 0.667. The van der Waals surface area contributed by atoms with E-state index in [-0.39, 0.29) is 17.4 Å². The third-order valence-electron chi connectivity index (χ3n) is 3.82. The van der Waals surface area contributed by atoms with Crippen molar-refractivity contribution in [2.45, 2.75) is 26.9 Å². The molecule has 1 aliphatic rings. The maximum Gasteiger partial charge on any atom is 0.289 e. The summed E-state index contributed by atoms with van der Waals surface area (Å²) in [7, 11) is 0. The summed E-state index contributed by atoms with van der Waals surface area (Å²) in [5, 5.41) is 10.1. The van der Waals surface area contributed by atoms with Gasteiger partial charge in [-0.2, -0.15) is 0 Å². The van der Waals surface area contributed by atoms with Gasteiger partial charge in [0, 0.05) is 32.7 Å². The van der Waals surface area contributed by atoms with Gasteiger partial charge in [0.15, 0.2) is 5.76 Å². The highest BCUT2D eigenvalue weighted by molar-refractivity contribution is 5.91. The highest BCUT2D eigenvalue weighted by Gasteiger charge is 2.28. The molecule has 1 aromatic rings. The Bertz CT molecular complexity index is 428. The largest absolute Gasteiger partial charge is 0.459 e. The molecular weight excluding hydrogens is 256 g/mol. The van der Waals surface area contributed by atoms with Gasteiger partial charge in [0.1, 0.15) is 0 Å². The highest BCUT2D eigenvalue weighted by atomic mass is 16.3. The number of aliphatic hydroxyl groups excluding tert-OH is 1. The van der Waals surface area contributed by atoms with Crippen LogP contribution in [0.4, 0.5) is 0 Å². The van der Waals surface area contributed by atoms with Gasteiger partial charge >= 0.3 is 0 Å². The number of nitrogens with zero attached hydrogens (tertiary/aromatic N) is 2. The van der Waals surface area contributed by atoms with Crippen molar-refractivity contribution < 1.29 is 14.3 Å². The summed E-state index contributed by atoms with van der Waals surface area (Å²) in [6.07, 6.45) is 1.17. The molecule has 1 N–H and O–H groups in total. The predicted molar refractivity (Wildman–Crippen MR) is 76.5 cm³/mol. The lowest BCUT2D eigenvalue weighted by Crippen LogP contribution is -2.51. The second-order valence-electron chi connectivity index (χ2n) is 6.45. The molecule has 0 spiro atoms. The number of hydrogen-bond donors (Lipinski definition) is 1. The van der Waals surface area contributed by atoms with Crippen LogP contribution < -0.4 is 0 Å². The number of aliphatic hydroxyl groups is 1. The summed E-state index contributed by atoms with van der Waals surface area (Å²) in [5.41, 5.74) is -0.110. The minimum atomic E-state index is -0.352. The summed E-state index contributed by atoms with van der Waals surface area (Å²) in [4.78, 5) is 16.1. The molecule has 0 bridgehead atoms. The van der Waals surface area contributed by atoms with Gasteiger partial charge in [-0.05, 0) is 17.5 Å². The minimum Gasteiger partial charge on any atom is -0.459 e. The number of amides is 1. The number of β-amino-alcohol motifs (C(OH)–C–C–N with tert-alkyl or cyclic N) is 1. The molecule has 5 nitrogen and oxygen atoms in total. The number of furan rings is 1. The van der Waals surface area contributed by atoms with Crippen LogP contribution in [0.15, 0.2) is 22.8 Å². The van der Waals surface area contributed by atoms with E-state index in [1.54, 1.807) is 17.0 Å². The molecule has 5 heteroatoms. The zero-order valence-corrected chi connectivity index (χ0v) is 12.5. The predicted octanol–water partition coefficient (Wildman–Crippen LogP) is 1.44. The fourth-order valence-electron chi connectivity index (χ4n) is 2.21. The Morgan fingerprint density at radius 2 is 2.00 bits per heavy atom. The number of rotatable bonds is 3. The quantitative estimate of drug-likeness (QED) is 0.910. The molecule has 2 rings (SSSR count). The van der Waals surface area contributed by atoms with E-state index in [1.165, 1.54) is 6.26 Å². The SMILES string of the molecule is CC(C)(C)[C@@H](O)CN1CCN(C(=O)c2ccco2)CC1. The summed E-state index contributed by atoms with van der Waals surface area (Å²) in [5.74, 6) is 0.346. The van der Waals surface area contributed by atoms with Crippen LogP contribution in [0.1, 0.15) is 31.3 Å². The molecule has 0 saturated carbocycles. The number of carbonyl (C=O) groups is 1. The second-order valence-corrected chi connectivity index (χ2v) is 6.45. The van der Waals surface area contributed by atoms with Crippen LogP contribution in [0.25, 0.3) is 0 Å². The van der Waals surface area contributed by atoms with Crippen molar-refractivity contribution in [2.75, 3.05) is 32.7 Å². The van der Waals surface area contributed by atoms with Crippen molar-refractivity contribution in [3.05, 3.63) is 24.2 Å². The molecule has 1 amide bonds. The summed E-state index contributed by atoms with van der Waals surface area (Å²) < 4.78 is 5.14. The Morgan fingerprint density at radius 3 is 2.50 bits per heavy atom. The third-order valence-corrected chi connectivity index (χ3v) is 3.82. The Labute approximate surface area is 120 Å². The van der Waals surface area contributed by atoms with Gasteiger partial charge in [0.2, 0.25) is 0 Å². The van der Waals surface area contributed by atoms with Gasteiger partial charge in [-0.25, -0.2) is 0 Å². The lowest BCUT2D eigenvalue weighted by atomic mass is 9.89. The van der Waals surface area contributed by atoms with E-state index in [0.29, 0.717) is 25.4 Å². The van der Waals surface area contributed by atoms with Crippen LogP contribution in [0.2, 0.25) is 0 Å². The molecule has 1 aromatic heterocycles. The van der Waals surface area contributed by atoms with Gasteiger partial charge in [-0.3, -0.25) is 9.69 Å². The van der Waals surface area contributed by atoms with E-state index in [2.05, 4.69) is 4.90 Å². The van der Waals surface area contributed by atoms with E-state index in [1.807, 2.05) is 20.8 Å². The molecular formula is C15H24N2O3. The van der Waals surface area contributed by atoms with E-state index in [0.717, 1.165) is 13.1 Å². The molecule has 1 saturated heterocycles. The molecule has 1 fully saturated rings. The molecule has 1 aliphatic heterocycles. The Balaban J connectivity index is 1.82. The molecule has 112 valence electrons. The van der Waals surface area contributed by atoms with Crippen molar-refractivity contribution >= 4 is 5.91 Å². The zero-order chi connectivity index (χ0) is 14.8. The smallest absolute Gasteiger partial charge is 0.289 e. The maximum absolute atomic E-state index is 12.1. The molecule has 2 heterocycles. The lowest BCUT2D eigenvalue weighted by Gasteiger charge is -2.37. The van der Waals surface area contributed by atoms with Gasteiger partial charge < -0.3 is 14.4 Å². The first kappa shape index (κ1) is 15.1. The van der Waals surface area contributed by atoms with Crippen LogP contribution in [0.5, 0.6) is 0 Å². The van der Waals surface area contributed by atoms with Gasteiger partial charge in [0.25, 0.3) is 5.91 Å². The Morgan fingerprint density at radius 1 is 1.35 bits per heavy atom. The first-order chi connectivity index (χ1) is 9.38. The van der Waals surface area contributed by atoms with E-state index in [9.17, 15) is 9.90 Å². The van der Waals surface area contributed by atoms with Crippen LogP contribution in [0.3, 0.4) is 0 Å². The Kier molecular flexibility index (Phi) is 4.50. The first-order valence-electron chi connectivity index (χ1n) is 7.11. The van der Waals surface area contributed by atoms with Crippen molar-refractivity contribution in [1.82, 2.24) is 9.80 Å². The van der Waals surface area contributed by atoms with E-state index < -0.39 is 0 Å². The van der Waals surface area contributed by atoms with Crippen LogP contribution >= 0.6 is 0 Å². The normalized spacial score (nSPS) is 19.1. The van der Waals surface area contributed by atoms with Crippen LogP contribution in [0, 0.1) is 5.41 Å². The average Bonchev–Trinajstić information content (AvgIpc) is 2.91. The molecule has 1 atom stereocenters. The lowest BCUT2D eigenvalue weighted by molar-refractivity contribution is 0.0131. The topological polar surface area (TPSA) is 56.9 Å². The number of piperazine rings is 1. The molecule has 0 radical (unpaired) electrons. The molecule has 0 aliphatic carbocycles. The van der Waals surface area contributed by atoms with Crippen molar-refractivity contribution in [3.8, 4) is 0 Å². The minimum absolute atomic E-state index is 0.0500. The fourth-order valence-corrected chi connectivity index (χ4v) is 2.21. The molecule has 0 unspecified atom stereocenters. The summed E-state index contributed by atoms with van der Waals surface area (Å²) >= 11 is 0. The van der Waals surface area contributed by atoms with Crippen molar-refractivity contribution in [1.29, 1.82) is 0 Å². The number of hydrogen-bond acceptors (Lipinski definition) is 4. The second kappa shape index (κ2) is 5.97. The van der Waals surface area contributed by atoms with Gasteiger partial charge in [0.05, 0.1) is 12.4 Å². The molecule has 0 aromatic carbocycles. The van der Waals surface area contributed by atoms with Gasteiger partial charge in [-0.15, -0.1) is 0 Å². The highest BCUT2D eigenvalue weighted by Crippen LogP contribution is 2.20. The van der Waals surface area contributed by atoms with Crippen molar-refractivity contribution in [2.24, 2.45) is 5.41 Å². The van der Waals surface area contributed by atoms with Crippen molar-refractivity contribution in [3.63, 3.8) is 0 Å². The average molecular weight is 280 g/mol. The summed E-state index contributed by atoms with van der Waals surface area (Å²) in [6.45, 7) is 9.70. The number of carbonyl (C=O) groups excluding carboxylic acids is 1. The molecule has 20 heavy (non-hydrogen) atoms. The summed E-state index contributed by atoms with van der Waals surface area (Å²) in [6, 6.07) is 3.42. The first-order valence-corrected chi connectivity index (χ1v) is 7.11. The van der Waals surface area contributed by atoms with E-state index in [4.69, 9.17) is 4.42 Å². The van der Waals surface area contributed by atoms with Crippen LogP contribution in [-0.2, 0) is 0 Å². The maximum atomic E-state index is 12.1. The van der Waals surface area contributed by atoms with E-state index >= 15 is 0 Å².